The number of esters is 1. The number of hydrogen-bond acceptors (Lipinski definition) is 4. The monoisotopic (exact) mass is 259 g/mol. The Labute approximate surface area is 90.4 Å². The molecule has 0 N–H and O–H groups in total. The molecule has 1 heterocycles. The highest BCUT2D eigenvalue weighted by Crippen LogP contribution is 2.20. The molecule has 1 rings (SSSR count). The Hall–Kier alpha value is -1.10. The van der Waals surface area contributed by atoms with Crippen LogP contribution < -0.4 is 4.74 Å². The third-order valence-electron chi connectivity index (χ3n) is 1.51. The number of ether oxygens (including phenoxy) is 2. The van der Waals surface area contributed by atoms with Gasteiger partial charge in [0.2, 0.25) is 5.88 Å². The van der Waals surface area contributed by atoms with Crippen molar-refractivity contribution in [3.63, 3.8) is 0 Å². The minimum atomic E-state index is -0.432. The molecule has 0 saturated heterocycles. The first kappa shape index (κ1) is 11.0. The first-order chi connectivity index (χ1) is 6.69. The molecule has 0 spiro atoms. The van der Waals surface area contributed by atoms with Crippen molar-refractivity contribution in [2.24, 2.45) is 0 Å². The Kier molecular flexibility index (Phi) is 3.88. The molecule has 76 valence electrons. The van der Waals surface area contributed by atoms with Crippen molar-refractivity contribution in [3.8, 4) is 5.88 Å². The van der Waals surface area contributed by atoms with E-state index in [0.29, 0.717) is 16.6 Å². The Bertz CT molecular complexity index is 341. The third kappa shape index (κ3) is 2.45. The molecule has 0 bridgehead atoms. The van der Waals surface area contributed by atoms with Crippen LogP contribution in [0.1, 0.15) is 17.3 Å². The fourth-order valence-corrected chi connectivity index (χ4v) is 1.28. The van der Waals surface area contributed by atoms with E-state index in [1.807, 2.05) is 0 Å². The Morgan fingerprint density at radius 3 is 2.93 bits per heavy atom. The maximum Gasteiger partial charge on any atom is 0.343 e. The average molecular weight is 260 g/mol. The zero-order valence-electron chi connectivity index (χ0n) is 7.91. The van der Waals surface area contributed by atoms with Gasteiger partial charge in [-0.05, 0) is 28.9 Å². The maximum absolute atomic E-state index is 11.4. The molecule has 0 aliphatic rings. The lowest BCUT2D eigenvalue weighted by atomic mass is 10.3. The number of halogens is 1. The van der Waals surface area contributed by atoms with E-state index in [4.69, 9.17) is 9.47 Å². The largest absolute Gasteiger partial charge is 0.480 e. The van der Waals surface area contributed by atoms with Gasteiger partial charge in [-0.3, -0.25) is 0 Å². The number of nitrogens with zero attached hydrogens (tertiary/aromatic N) is 1. The summed E-state index contributed by atoms with van der Waals surface area (Å²) in [5, 5.41) is 0. The number of aromatic nitrogens is 1. The van der Waals surface area contributed by atoms with E-state index in [2.05, 4.69) is 20.9 Å². The lowest BCUT2D eigenvalue weighted by Crippen LogP contribution is -2.07. The smallest absolute Gasteiger partial charge is 0.343 e. The second-order valence-corrected chi connectivity index (χ2v) is 3.35. The lowest BCUT2D eigenvalue weighted by Gasteiger charge is -2.06. The highest BCUT2D eigenvalue weighted by atomic mass is 79.9. The summed E-state index contributed by atoms with van der Waals surface area (Å²) in [4.78, 5) is 15.3. The number of carbonyl (C=O) groups is 1. The molecule has 0 atom stereocenters. The number of hydrogen-bond donors (Lipinski definition) is 0. The molecule has 0 fully saturated rings. The second-order valence-electron chi connectivity index (χ2n) is 2.43. The van der Waals surface area contributed by atoms with Gasteiger partial charge < -0.3 is 9.47 Å². The first-order valence-electron chi connectivity index (χ1n) is 4.05. The van der Waals surface area contributed by atoms with E-state index in [1.165, 1.54) is 7.11 Å². The van der Waals surface area contributed by atoms with Gasteiger partial charge >= 0.3 is 5.97 Å². The molecule has 0 unspecified atom stereocenters. The summed E-state index contributed by atoms with van der Waals surface area (Å²) in [6.07, 6.45) is 1.56. The van der Waals surface area contributed by atoms with E-state index in [9.17, 15) is 4.79 Å². The van der Waals surface area contributed by atoms with Crippen LogP contribution in [0.5, 0.6) is 5.88 Å². The van der Waals surface area contributed by atoms with Crippen LogP contribution >= 0.6 is 15.9 Å². The van der Waals surface area contributed by atoms with Gasteiger partial charge in [-0.15, -0.1) is 0 Å². The highest BCUT2D eigenvalue weighted by molar-refractivity contribution is 9.10. The van der Waals surface area contributed by atoms with E-state index in [-0.39, 0.29) is 5.88 Å². The SMILES string of the molecule is CCOC(=O)c1cc(Br)cnc1OC. The van der Waals surface area contributed by atoms with Crippen LogP contribution in [0.2, 0.25) is 0 Å². The van der Waals surface area contributed by atoms with Crippen molar-refractivity contribution in [1.82, 2.24) is 4.98 Å². The molecule has 5 heteroatoms. The Balaban J connectivity index is 3.03. The molecule has 14 heavy (non-hydrogen) atoms. The molecule has 4 nitrogen and oxygen atoms in total. The van der Waals surface area contributed by atoms with Gasteiger partial charge in [-0.2, -0.15) is 0 Å². The topological polar surface area (TPSA) is 48.4 Å². The molecule has 0 aromatic carbocycles. The van der Waals surface area contributed by atoms with E-state index in [1.54, 1.807) is 19.2 Å². The molecular weight excluding hydrogens is 250 g/mol. The van der Waals surface area contributed by atoms with Crippen molar-refractivity contribution in [3.05, 3.63) is 22.3 Å². The zero-order valence-corrected chi connectivity index (χ0v) is 9.50. The summed E-state index contributed by atoms with van der Waals surface area (Å²) in [5.41, 5.74) is 0.323. The molecule has 0 amide bonds. The fraction of sp³-hybridized carbons (Fsp3) is 0.333. The van der Waals surface area contributed by atoms with Gasteiger partial charge in [0, 0.05) is 10.7 Å². The molecule has 0 saturated carbocycles. The van der Waals surface area contributed by atoms with Crippen molar-refractivity contribution < 1.29 is 14.3 Å². The Morgan fingerprint density at radius 1 is 1.64 bits per heavy atom. The summed E-state index contributed by atoms with van der Waals surface area (Å²) in [7, 11) is 1.46. The molecule has 1 aromatic rings. The molecular formula is C9H10BrNO3. The number of pyridine rings is 1. The maximum atomic E-state index is 11.4. The number of carbonyl (C=O) groups excluding carboxylic acids is 1. The van der Waals surface area contributed by atoms with E-state index in [0.717, 1.165) is 0 Å². The second kappa shape index (κ2) is 4.95. The Morgan fingerprint density at radius 2 is 2.36 bits per heavy atom. The van der Waals surface area contributed by atoms with Crippen LogP contribution in [0.15, 0.2) is 16.7 Å². The van der Waals surface area contributed by atoms with Gasteiger partial charge in [-0.1, -0.05) is 0 Å². The van der Waals surface area contributed by atoms with Gasteiger partial charge in [0.15, 0.2) is 0 Å². The van der Waals surface area contributed by atoms with Crippen LogP contribution in [0.4, 0.5) is 0 Å². The van der Waals surface area contributed by atoms with Gasteiger partial charge in [0.05, 0.1) is 13.7 Å². The van der Waals surface area contributed by atoms with E-state index >= 15 is 0 Å². The van der Waals surface area contributed by atoms with Crippen molar-refractivity contribution in [1.29, 1.82) is 0 Å². The lowest BCUT2D eigenvalue weighted by molar-refractivity contribution is 0.0521. The van der Waals surface area contributed by atoms with Gasteiger partial charge in [0.25, 0.3) is 0 Å². The van der Waals surface area contributed by atoms with Crippen LogP contribution in [0, 0.1) is 0 Å². The van der Waals surface area contributed by atoms with Crippen molar-refractivity contribution >= 4 is 21.9 Å². The zero-order chi connectivity index (χ0) is 10.6. The third-order valence-corrected chi connectivity index (χ3v) is 1.94. The number of rotatable bonds is 3. The van der Waals surface area contributed by atoms with Gasteiger partial charge in [-0.25, -0.2) is 9.78 Å². The predicted molar refractivity (Wildman–Crippen MR) is 54.4 cm³/mol. The fourth-order valence-electron chi connectivity index (χ4n) is 0.944. The normalized spacial score (nSPS) is 9.64. The highest BCUT2D eigenvalue weighted by Gasteiger charge is 2.14. The van der Waals surface area contributed by atoms with Crippen LogP contribution in [0.3, 0.4) is 0 Å². The average Bonchev–Trinajstić information content (AvgIpc) is 2.18. The van der Waals surface area contributed by atoms with Crippen LogP contribution in [-0.4, -0.2) is 24.7 Å². The quantitative estimate of drug-likeness (QED) is 0.780. The summed E-state index contributed by atoms with van der Waals surface area (Å²) in [5.74, 6) is -0.162. The summed E-state index contributed by atoms with van der Waals surface area (Å²) in [6, 6.07) is 1.61. The first-order valence-corrected chi connectivity index (χ1v) is 4.85. The van der Waals surface area contributed by atoms with Crippen molar-refractivity contribution in [2.45, 2.75) is 6.92 Å². The summed E-state index contributed by atoms with van der Waals surface area (Å²) < 4.78 is 10.5. The molecule has 0 aliphatic carbocycles. The summed E-state index contributed by atoms with van der Waals surface area (Å²) in [6.45, 7) is 2.07. The molecule has 0 aliphatic heterocycles. The van der Waals surface area contributed by atoms with Crippen molar-refractivity contribution in [2.75, 3.05) is 13.7 Å². The standard InChI is InChI=1S/C9H10BrNO3/c1-3-14-9(12)7-4-6(10)5-11-8(7)13-2/h4-5H,3H2,1-2H3. The predicted octanol–water partition coefficient (Wildman–Crippen LogP) is 2.03. The van der Waals surface area contributed by atoms with E-state index < -0.39 is 5.97 Å². The minimum absolute atomic E-state index is 0.270. The minimum Gasteiger partial charge on any atom is -0.480 e. The van der Waals surface area contributed by atoms with Crippen LogP contribution in [0.25, 0.3) is 0 Å². The molecule has 1 aromatic heterocycles. The number of methoxy groups -OCH3 is 1. The summed E-state index contributed by atoms with van der Waals surface area (Å²) >= 11 is 3.22. The van der Waals surface area contributed by atoms with Gasteiger partial charge in [0.1, 0.15) is 5.56 Å². The molecule has 0 radical (unpaired) electrons. The van der Waals surface area contributed by atoms with Crippen LogP contribution in [-0.2, 0) is 4.74 Å².